The summed E-state index contributed by atoms with van der Waals surface area (Å²) in [6.45, 7) is 0.588. The first-order chi connectivity index (χ1) is 11.2. The van der Waals surface area contributed by atoms with Gasteiger partial charge in [-0.25, -0.2) is 5.48 Å². The first kappa shape index (κ1) is 15.5. The molecule has 3 aromatic rings. The molecule has 0 aliphatic carbocycles. The van der Waals surface area contributed by atoms with Gasteiger partial charge >= 0.3 is 0 Å². The number of rotatable bonds is 6. The van der Waals surface area contributed by atoms with Crippen LogP contribution >= 0.6 is 11.6 Å². The third kappa shape index (κ3) is 4.07. The van der Waals surface area contributed by atoms with Crippen LogP contribution in [0.15, 0.2) is 53.1 Å². The number of ether oxygens (including phenoxy) is 1. The Morgan fingerprint density at radius 2 is 1.83 bits per heavy atom. The standard InChI is InChI=1S/C16H14ClN3O3/c17-13-5-3-12(4-6-13)16-19-15(20-23-16)10-22-14-7-1-11(2-8-14)9-18-21/h1-8,18,21H,9-10H2. The van der Waals surface area contributed by atoms with Crippen LogP contribution in [-0.2, 0) is 13.2 Å². The molecule has 0 unspecified atom stereocenters. The predicted molar refractivity (Wildman–Crippen MR) is 84.1 cm³/mol. The lowest BCUT2D eigenvalue weighted by Crippen LogP contribution is -2.05. The van der Waals surface area contributed by atoms with E-state index in [4.69, 9.17) is 26.1 Å². The van der Waals surface area contributed by atoms with Gasteiger partial charge in [0.25, 0.3) is 5.89 Å². The summed E-state index contributed by atoms with van der Waals surface area (Å²) in [5.74, 6) is 1.56. The molecule has 3 rings (SSSR count). The Labute approximate surface area is 137 Å². The van der Waals surface area contributed by atoms with E-state index in [-0.39, 0.29) is 6.61 Å². The second-order valence-electron chi connectivity index (χ2n) is 4.79. The van der Waals surface area contributed by atoms with E-state index in [2.05, 4.69) is 15.6 Å². The first-order valence-corrected chi connectivity index (χ1v) is 7.29. The van der Waals surface area contributed by atoms with E-state index >= 15 is 0 Å². The molecule has 0 fully saturated rings. The molecule has 6 nitrogen and oxygen atoms in total. The summed E-state index contributed by atoms with van der Waals surface area (Å²) >= 11 is 5.85. The minimum absolute atomic E-state index is 0.203. The molecule has 1 aromatic heterocycles. The average molecular weight is 332 g/mol. The molecular formula is C16H14ClN3O3. The molecule has 0 aliphatic rings. The number of aromatic nitrogens is 2. The fourth-order valence-electron chi connectivity index (χ4n) is 1.97. The Kier molecular flexibility index (Phi) is 4.87. The Morgan fingerprint density at radius 3 is 2.52 bits per heavy atom. The van der Waals surface area contributed by atoms with Crippen LogP contribution in [0, 0.1) is 0 Å². The summed E-state index contributed by atoms with van der Waals surface area (Å²) in [5.41, 5.74) is 3.85. The van der Waals surface area contributed by atoms with E-state index < -0.39 is 0 Å². The van der Waals surface area contributed by atoms with E-state index in [1.54, 1.807) is 12.1 Å². The van der Waals surface area contributed by atoms with Gasteiger partial charge in [0, 0.05) is 17.1 Å². The minimum atomic E-state index is 0.203. The van der Waals surface area contributed by atoms with E-state index in [1.807, 2.05) is 36.4 Å². The zero-order valence-corrected chi connectivity index (χ0v) is 12.8. The molecule has 0 radical (unpaired) electrons. The van der Waals surface area contributed by atoms with E-state index in [0.29, 0.717) is 29.0 Å². The van der Waals surface area contributed by atoms with Crippen LogP contribution in [-0.4, -0.2) is 15.3 Å². The average Bonchev–Trinajstić information content (AvgIpc) is 3.04. The van der Waals surface area contributed by atoms with Crippen LogP contribution in [0.5, 0.6) is 5.75 Å². The van der Waals surface area contributed by atoms with Gasteiger partial charge in [-0.1, -0.05) is 28.9 Å². The van der Waals surface area contributed by atoms with Gasteiger partial charge in [0.05, 0.1) is 0 Å². The van der Waals surface area contributed by atoms with Crippen LogP contribution in [0.3, 0.4) is 0 Å². The van der Waals surface area contributed by atoms with Crippen LogP contribution in [0.25, 0.3) is 11.5 Å². The Hall–Kier alpha value is -2.41. The molecule has 0 saturated heterocycles. The van der Waals surface area contributed by atoms with Crippen molar-refractivity contribution < 1.29 is 14.5 Å². The van der Waals surface area contributed by atoms with E-state index in [9.17, 15) is 0 Å². The highest BCUT2D eigenvalue weighted by Gasteiger charge is 2.09. The molecule has 7 heteroatoms. The molecule has 0 amide bonds. The number of hydrogen-bond donors (Lipinski definition) is 2. The summed E-state index contributed by atoms with van der Waals surface area (Å²) in [6.07, 6.45) is 0. The highest BCUT2D eigenvalue weighted by atomic mass is 35.5. The van der Waals surface area contributed by atoms with Gasteiger partial charge in [-0.05, 0) is 42.0 Å². The number of nitrogens with zero attached hydrogens (tertiary/aromatic N) is 2. The molecule has 2 aromatic carbocycles. The number of halogens is 1. The Bertz CT molecular complexity index is 757. The van der Waals surface area contributed by atoms with Crippen molar-refractivity contribution in [3.05, 3.63) is 64.9 Å². The van der Waals surface area contributed by atoms with Crippen LogP contribution in [0.4, 0.5) is 0 Å². The van der Waals surface area contributed by atoms with Crippen molar-refractivity contribution in [1.29, 1.82) is 0 Å². The second-order valence-corrected chi connectivity index (χ2v) is 5.23. The lowest BCUT2D eigenvalue weighted by Gasteiger charge is -2.04. The van der Waals surface area contributed by atoms with Crippen molar-refractivity contribution in [2.75, 3.05) is 0 Å². The maximum Gasteiger partial charge on any atom is 0.258 e. The zero-order valence-electron chi connectivity index (χ0n) is 12.1. The molecule has 23 heavy (non-hydrogen) atoms. The van der Waals surface area contributed by atoms with Gasteiger partial charge in [0.15, 0.2) is 6.61 Å². The highest BCUT2D eigenvalue weighted by Crippen LogP contribution is 2.20. The monoisotopic (exact) mass is 331 g/mol. The SMILES string of the molecule is ONCc1ccc(OCc2noc(-c3ccc(Cl)cc3)n2)cc1. The van der Waals surface area contributed by atoms with Crippen molar-refractivity contribution in [1.82, 2.24) is 15.6 Å². The summed E-state index contributed by atoms with van der Waals surface area (Å²) in [5, 5.41) is 13.2. The van der Waals surface area contributed by atoms with Crippen molar-refractivity contribution in [3.8, 4) is 17.2 Å². The van der Waals surface area contributed by atoms with Crippen molar-refractivity contribution in [3.63, 3.8) is 0 Å². The number of hydrogen-bond acceptors (Lipinski definition) is 6. The van der Waals surface area contributed by atoms with Gasteiger partial charge in [0.2, 0.25) is 5.82 Å². The third-order valence-corrected chi connectivity index (χ3v) is 3.39. The molecular weight excluding hydrogens is 318 g/mol. The van der Waals surface area contributed by atoms with Crippen LogP contribution in [0.1, 0.15) is 11.4 Å². The molecule has 118 valence electrons. The van der Waals surface area contributed by atoms with Gasteiger partial charge in [-0.2, -0.15) is 4.98 Å². The first-order valence-electron chi connectivity index (χ1n) is 6.92. The summed E-state index contributed by atoms with van der Waals surface area (Å²) < 4.78 is 10.8. The van der Waals surface area contributed by atoms with E-state index in [0.717, 1.165) is 11.1 Å². The maximum absolute atomic E-state index is 8.64. The molecule has 0 spiro atoms. The number of hydroxylamine groups is 1. The molecule has 0 bridgehead atoms. The minimum Gasteiger partial charge on any atom is -0.485 e. The molecule has 0 saturated carbocycles. The summed E-state index contributed by atoms with van der Waals surface area (Å²) in [4.78, 5) is 4.28. The topological polar surface area (TPSA) is 80.4 Å². The largest absolute Gasteiger partial charge is 0.485 e. The van der Waals surface area contributed by atoms with Crippen LogP contribution in [0.2, 0.25) is 5.02 Å². The Balaban J connectivity index is 1.61. The van der Waals surface area contributed by atoms with E-state index in [1.165, 1.54) is 0 Å². The van der Waals surface area contributed by atoms with Gasteiger partial charge in [-0.15, -0.1) is 0 Å². The van der Waals surface area contributed by atoms with Gasteiger partial charge in [0.1, 0.15) is 5.75 Å². The quantitative estimate of drug-likeness (QED) is 0.673. The van der Waals surface area contributed by atoms with Crippen molar-refractivity contribution >= 4 is 11.6 Å². The molecule has 2 N–H and O–H groups in total. The fraction of sp³-hybridized carbons (Fsp3) is 0.125. The maximum atomic E-state index is 8.64. The van der Waals surface area contributed by atoms with Crippen molar-refractivity contribution in [2.24, 2.45) is 0 Å². The van der Waals surface area contributed by atoms with Gasteiger partial charge < -0.3 is 14.5 Å². The zero-order chi connectivity index (χ0) is 16.1. The molecule has 0 atom stereocenters. The predicted octanol–water partition coefficient (Wildman–Crippen LogP) is 3.45. The number of nitrogens with one attached hydrogen (secondary N) is 1. The second kappa shape index (κ2) is 7.23. The molecule has 0 aliphatic heterocycles. The van der Waals surface area contributed by atoms with Crippen LogP contribution < -0.4 is 10.2 Å². The normalized spacial score (nSPS) is 10.7. The lowest BCUT2D eigenvalue weighted by molar-refractivity contribution is 0.161. The smallest absolute Gasteiger partial charge is 0.258 e. The highest BCUT2D eigenvalue weighted by molar-refractivity contribution is 6.30. The summed E-state index contributed by atoms with van der Waals surface area (Å²) in [7, 11) is 0. The van der Waals surface area contributed by atoms with Crippen molar-refractivity contribution in [2.45, 2.75) is 13.2 Å². The molecule has 1 heterocycles. The third-order valence-electron chi connectivity index (χ3n) is 3.13. The Morgan fingerprint density at radius 1 is 1.09 bits per heavy atom. The van der Waals surface area contributed by atoms with Gasteiger partial charge in [-0.3, -0.25) is 0 Å². The fourth-order valence-corrected chi connectivity index (χ4v) is 2.09. The summed E-state index contributed by atoms with van der Waals surface area (Å²) in [6, 6.07) is 14.5. The number of benzene rings is 2. The lowest BCUT2D eigenvalue weighted by atomic mass is 10.2.